The van der Waals surface area contributed by atoms with E-state index in [0.717, 1.165) is 28.8 Å². The van der Waals surface area contributed by atoms with Gasteiger partial charge < -0.3 is 5.32 Å². The fraction of sp³-hybridized carbons (Fsp3) is 0.400. The Morgan fingerprint density at radius 3 is 2.93 bits per heavy atom. The van der Waals surface area contributed by atoms with Crippen LogP contribution in [0.2, 0.25) is 0 Å². The lowest BCUT2D eigenvalue weighted by Crippen LogP contribution is -1.97. The molecule has 0 unspecified atom stereocenters. The molecule has 0 aromatic carbocycles. The van der Waals surface area contributed by atoms with Gasteiger partial charge in [0.25, 0.3) is 0 Å². The van der Waals surface area contributed by atoms with Crippen LogP contribution in [0.1, 0.15) is 22.5 Å². The molecule has 0 bridgehead atoms. The number of nitrogens with one attached hydrogen (secondary N) is 1. The van der Waals surface area contributed by atoms with E-state index in [1.54, 1.807) is 22.7 Å². The van der Waals surface area contributed by atoms with Crippen molar-refractivity contribution in [2.75, 3.05) is 5.32 Å². The van der Waals surface area contributed by atoms with E-state index in [9.17, 15) is 0 Å². The van der Waals surface area contributed by atoms with E-state index in [0.29, 0.717) is 0 Å². The molecule has 2 aromatic rings. The molecule has 0 saturated heterocycles. The topological polar surface area (TPSA) is 37.8 Å². The summed E-state index contributed by atoms with van der Waals surface area (Å²) in [5.74, 6) is 0. The molecule has 0 spiro atoms. The lowest BCUT2D eigenvalue weighted by Gasteiger charge is -1.97. The lowest BCUT2D eigenvalue weighted by atomic mass is 10.4. The van der Waals surface area contributed by atoms with Crippen LogP contribution in [0.3, 0.4) is 0 Å². The van der Waals surface area contributed by atoms with E-state index >= 15 is 0 Å². The van der Waals surface area contributed by atoms with Crippen molar-refractivity contribution in [1.82, 2.24) is 9.97 Å². The van der Waals surface area contributed by atoms with Crippen LogP contribution in [0.15, 0.2) is 11.6 Å². The van der Waals surface area contributed by atoms with Crippen LogP contribution in [0.5, 0.6) is 0 Å². The molecule has 0 atom stereocenters. The second-order valence-electron chi connectivity index (χ2n) is 3.22. The van der Waals surface area contributed by atoms with Gasteiger partial charge >= 0.3 is 0 Å². The lowest BCUT2D eigenvalue weighted by molar-refractivity contribution is 1.08. The fourth-order valence-electron chi connectivity index (χ4n) is 1.18. The molecule has 80 valence electrons. The Kier molecular flexibility index (Phi) is 3.33. The molecule has 5 heteroatoms. The van der Waals surface area contributed by atoms with Crippen LogP contribution < -0.4 is 5.32 Å². The summed E-state index contributed by atoms with van der Waals surface area (Å²) in [6, 6.07) is 0. The van der Waals surface area contributed by atoms with E-state index in [-0.39, 0.29) is 0 Å². The Morgan fingerprint density at radius 1 is 1.47 bits per heavy atom. The zero-order valence-corrected chi connectivity index (χ0v) is 10.4. The molecule has 0 radical (unpaired) electrons. The first-order chi connectivity index (χ1) is 7.28. The van der Waals surface area contributed by atoms with Crippen LogP contribution in [0.4, 0.5) is 5.13 Å². The molecule has 0 fully saturated rings. The standard InChI is InChI=1S/C10H13N3S2/c1-3-8-4-11-9(15-8)5-12-10-13-7(2)6-14-10/h4,6H,3,5H2,1-2H3,(H,12,13). The number of aromatic nitrogens is 2. The molecule has 2 heterocycles. The van der Waals surface area contributed by atoms with Crippen molar-refractivity contribution in [2.45, 2.75) is 26.8 Å². The van der Waals surface area contributed by atoms with Gasteiger partial charge in [-0.15, -0.1) is 22.7 Å². The smallest absolute Gasteiger partial charge is 0.183 e. The van der Waals surface area contributed by atoms with Crippen molar-refractivity contribution in [3.05, 3.63) is 27.2 Å². The van der Waals surface area contributed by atoms with Gasteiger partial charge in [0.15, 0.2) is 5.13 Å². The first-order valence-corrected chi connectivity index (χ1v) is 6.57. The molecular weight excluding hydrogens is 226 g/mol. The number of hydrogen-bond acceptors (Lipinski definition) is 5. The Morgan fingerprint density at radius 2 is 2.33 bits per heavy atom. The summed E-state index contributed by atoms with van der Waals surface area (Å²) in [5.41, 5.74) is 1.07. The third kappa shape index (κ3) is 2.76. The van der Waals surface area contributed by atoms with Gasteiger partial charge in [0, 0.05) is 16.5 Å². The quantitative estimate of drug-likeness (QED) is 0.891. The molecule has 0 aliphatic carbocycles. The summed E-state index contributed by atoms with van der Waals surface area (Å²) in [7, 11) is 0. The number of anilines is 1. The van der Waals surface area contributed by atoms with Crippen LogP contribution in [0.25, 0.3) is 0 Å². The molecule has 2 aromatic heterocycles. The van der Waals surface area contributed by atoms with E-state index < -0.39 is 0 Å². The van der Waals surface area contributed by atoms with Crippen LogP contribution >= 0.6 is 22.7 Å². The molecule has 15 heavy (non-hydrogen) atoms. The van der Waals surface area contributed by atoms with Crippen LogP contribution in [-0.4, -0.2) is 9.97 Å². The second kappa shape index (κ2) is 4.72. The number of rotatable bonds is 4. The van der Waals surface area contributed by atoms with Crippen molar-refractivity contribution >= 4 is 27.8 Å². The van der Waals surface area contributed by atoms with Gasteiger partial charge in [0.2, 0.25) is 0 Å². The van der Waals surface area contributed by atoms with Gasteiger partial charge in [0.05, 0.1) is 12.2 Å². The minimum atomic E-state index is 0.775. The zero-order valence-electron chi connectivity index (χ0n) is 8.78. The fourth-order valence-corrected chi connectivity index (χ4v) is 2.67. The number of aryl methyl sites for hydroxylation is 2. The maximum atomic E-state index is 4.34. The first-order valence-electron chi connectivity index (χ1n) is 4.87. The van der Waals surface area contributed by atoms with Gasteiger partial charge in [0.1, 0.15) is 5.01 Å². The summed E-state index contributed by atoms with van der Waals surface area (Å²) in [6.07, 6.45) is 3.02. The van der Waals surface area contributed by atoms with Crippen molar-refractivity contribution in [2.24, 2.45) is 0 Å². The summed E-state index contributed by atoms with van der Waals surface area (Å²) >= 11 is 3.40. The third-order valence-electron chi connectivity index (χ3n) is 1.96. The molecule has 0 saturated carbocycles. The van der Waals surface area contributed by atoms with Crippen LogP contribution in [0, 0.1) is 6.92 Å². The molecule has 0 amide bonds. The van der Waals surface area contributed by atoms with Crippen molar-refractivity contribution in [1.29, 1.82) is 0 Å². The Balaban J connectivity index is 1.93. The minimum absolute atomic E-state index is 0.775. The number of hydrogen-bond donors (Lipinski definition) is 1. The van der Waals surface area contributed by atoms with Gasteiger partial charge in [-0.3, -0.25) is 0 Å². The van der Waals surface area contributed by atoms with E-state index in [1.165, 1.54) is 4.88 Å². The minimum Gasteiger partial charge on any atom is -0.355 e. The Hall–Kier alpha value is -0.940. The maximum absolute atomic E-state index is 4.34. The first kappa shape index (κ1) is 10.6. The highest BCUT2D eigenvalue weighted by Crippen LogP contribution is 2.18. The van der Waals surface area contributed by atoms with Gasteiger partial charge in [-0.1, -0.05) is 6.92 Å². The SMILES string of the molecule is CCc1cnc(CNc2nc(C)cs2)s1. The Labute approximate surface area is 97.2 Å². The molecule has 2 rings (SSSR count). The summed E-state index contributed by atoms with van der Waals surface area (Å²) < 4.78 is 0. The Bertz CT molecular complexity index is 433. The van der Waals surface area contributed by atoms with Gasteiger partial charge in [-0.25, -0.2) is 9.97 Å². The average Bonchev–Trinajstić information content (AvgIpc) is 2.83. The van der Waals surface area contributed by atoms with Crippen molar-refractivity contribution in [3.63, 3.8) is 0 Å². The summed E-state index contributed by atoms with van der Waals surface area (Å²) in [4.78, 5) is 10.0. The van der Waals surface area contributed by atoms with E-state index in [2.05, 4.69) is 22.2 Å². The van der Waals surface area contributed by atoms with Gasteiger partial charge in [-0.2, -0.15) is 0 Å². The van der Waals surface area contributed by atoms with E-state index in [4.69, 9.17) is 0 Å². The predicted octanol–water partition coefficient (Wildman–Crippen LogP) is 3.08. The maximum Gasteiger partial charge on any atom is 0.183 e. The van der Waals surface area contributed by atoms with E-state index in [1.807, 2.05) is 18.5 Å². The number of nitrogens with zero attached hydrogens (tertiary/aromatic N) is 2. The molecule has 3 nitrogen and oxygen atoms in total. The highest BCUT2D eigenvalue weighted by Gasteiger charge is 2.02. The van der Waals surface area contributed by atoms with Gasteiger partial charge in [-0.05, 0) is 13.3 Å². The monoisotopic (exact) mass is 239 g/mol. The third-order valence-corrected chi connectivity index (χ3v) is 4.02. The molecule has 1 N–H and O–H groups in total. The normalized spacial score (nSPS) is 10.5. The molecule has 0 aliphatic rings. The second-order valence-corrected chi connectivity index (χ2v) is 5.28. The summed E-state index contributed by atoms with van der Waals surface area (Å²) in [5, 5.41) is 7.42. The average molecular weight is 239 g/mol. The predicted molar refractivity (Wildman–Crippen MR) is 65.7 cm³/mol. The zero-order chi connectivity index (χ0) is 10.7. The molecular formula is C10H13N3S2. The highest BCUT2D eigenvalue weighted by atomic mass is 32.1. The molecule has 0 aliphatic heterocycles. The summed E-state index contributed by atoms with van der Waals surface area (Å²) in [6.45, 7) is 4.92. The highest BCUT2D eigenvalue weighted by molar-refractivity contribution is 7.13. The largest absolute Gasteiger partial charge is 0.355 e. The van der Waals surface area contributed by atoms with Crippen molar-refractivity contribution < 1.29 is 0 Å². The van der Waals surface area contributed by atoms with Crippen LogP contribution in [-0.2, 0) is 13.0 Å². The van der Waals surface area contributed by atoms with Crippen molar-refractivity contribution in [3.8, 4) is 0 Å². The number of thiazole rings is 2.